The van der Waals surface area contributed by atoms with Crippen molar-refractivity contribution in [2.45, 2.75) is 5.92 Å². The first-order valence-corrected chi connectivity index (χ1v) is 5.75. The third kappa shape index (κ3) is 2.24. The van der Waals surface area contributed by atoms with Crippen molar-refractivity contribution in [3.8, 4) is 11.8 Å². The first kappa shape index (κ1) is 12.3. The maximum Gasteiger partial charge on any atom is 0.172 e. The Morgan fingerprint density at radius 3 is 2.78 bits per heavy atom. The van der Waals surface area contributed by atoms with Gasteiger partial charge in [0.1, 0.15) is 6.33 Å². The Bertz CT molecular complexity index is 588. The second kappa shape index (κ2) is 5.43. The summed E-state index contributed by atoms with van der Waals surface area (Å²) in [7, 11) is 0. The van der Waals surface area contributed by atoms with Gasteiger partial charge < -0.3 is 0 Å². The topological polar surface area (TPSA) is 71.6 Å². The number of carbonyl (C=O) groups excluding carboxylic acids is 1. The Labute approximate surface area is 109 Å². The summed E-state index contributed by atoms with van der Waals surface area (Å²) in [5.74, 6) is -1.32. The summed E-state index contributed by atoms with van der Waals surface area (Å²) in [5, 5.41) is 16.7. The van der Waals surface area contributed by atoms with Gasteiger partial charge in [-0.05, 0) is 12.1 Å². The van der Waals surface area contributed by atoms with Crippen molar-refractivity contribution >= 4 is 17.4 Å². The lowest BCUT2D eigenvalue weighted by Gasteiger charge is -2.08. The molecule has 0 amide bonds. The standard InChI is InChI=1S/C12H9ClN4O/c13-6-11(18)10(7-14)12-16-15-8-17(12)9-4-2-1-3-5-9/h1-5,8,10H,6H2. The molecule has 2 rings (SSSR count). The fourth-order valence-electron chi connectivity index (χ4n) is 1.58. The molecule has 2 aromatic rings. The lowest BCUT2D eigenvalue weighted by molar-refractivity contribution is -0.117. The normalized spacial score (nSPS) is 11.8. The van der Waals surface area contributed by atoms with E-state index in [2.05, 4.69) is 10.2 Å². The number of nitrogens with zero attached hydrogens (tertiary/aromatic N) is 4. The molecule has 0 saturated carbocycles. The number of hydrogen-bond donors (Lipinski definition) is 0. The molecule has 5 nitrogen and oxygen atoms in total. The lowest BCUT2D eigenvalue weighted by atomic mass is 10.1. The molecule has 1 aromatic carbocycles. The van der Waals surface area contributed by atoms with Gasteiger partial charge in [-0.1, -0.05) is 18.2 Å². The van der Waals surface area contributed by atoms with Gasteiger partial charge in [0.2, 0.25) is 0 Å². The molecule has 0 aliphatic heterocycles. The van der Waals surface area contributed by atoms with Crippen LogP contribution in [0.4, 0.5) is 0 Å². The highest BCUT2D eigenvalue weighted by Crippen LogP contribution is 2.18. The van der Waals surface area contributed by atoms with Crippen LogP contribution in [0, 0.1) is 11.3 Å². The molecule has 1 atom stereocenters. The van der Waals surface area contributed by atoms with Crippen LogP contribution in [0.2, 0.25) is 0 Å². The number of rotatable bonds is 4. The zero-order chi connectivity index (χ0) is 13.0. The summed E-state index contributed by atoms with van der Waals surface area (Å²) in [6.07, 6.45) is 1.47. The van der Waals surface area contributed by atoms with Gasteiger partial charge in [-0.25, -0.2) is 0 Å². The molecule has 0 aliphatic carbocycles. The van der Waals surface area contributed by atoms with E-state index in [1.807, 2.05) is 36.4 Å². The van der Waals surface area contributed by atoms with Crippen LogP contribution >= 0.6 is 11.6 Å². The summed E-state index contributed by atoms with van der Waals surface area (Å²) in [5.41, 5.74) is 0.792. The monoisotopic (exact) mass is 260 g/mol. The number of halogens is 1. The molecule has 1 unspecified atom stereocenters. The van der Waals surface area contributed by atoms with Crippen LogP contribution in [0.15, 0.2) is 36.7 Å². The van der Waals surface area contributed by atoms with Gasteiger partial charge in [-0.2, -0.15) is 5.26 Å². The molecule has 1 heterocycles. The van der Waals surface area contributed by atoms with E-state index in [-0.39, 0.29) is 17.5 Å². The van der Waals surface area contributed by atoms with Gasteiger partial charge >= 0.3 is 0 Å². The van der Waals surface area contributed by atoms with Crippen LogP contribution in [-0.2, 0) is 4.79 Å². The molecule has 6 heteroatoms. The average molecular weight is 261 g/mol. The van der Waals surface area contributed by atoms with Crippen LogP contribution in [0.25, 0.3) is 5.69 Å². The van der Waals surface area contributed by atoms with E-state index in [1.54, 1.807) is 4.57 Å². The molecule has 0 spiro atoms. The molecule has 0 saturated heterocycles. The zero-order valence-electron chi connectivity index (χ0n) is 9.32. The highest BCUT2D eigenvalue weighted by molar-refractivity contribution is 6.28. The first-order valence-electron chi connectivity index (χ1n) is 5.21. The number of alkyl halides is 1. The van der Waals surface area contributed by atoms with E-state index >= 15 is 0 Å². The number of aromatic nitrogens is 3. The second-order valence-electron chi connectivity index (χ2n) is 3.56. The highest BCUT2D eigenvalue weighted by atomic mass is 35.5. The van der Waals surface area contributed by atoms with Gasteiger partial charge in [-0.3, -0.25) is 9.36 Å². The Morgan fingerprint density at radius 1 is 1.44 bits per heavy atom. The molecule has 90 valence electrons. The second-order valence-corrected chi connectivity index (χ2v) is 3.82. The van der Waals surface area contributed by atoms with Crippen molar-refractivity contribution in [3.63, 3.8) is 0 Å². The van der Waals surface area contributed by atoms with Gasteiger partial charge in [0.15, 0.2) is 17.5 Å². The largest absolute Gasteiger partial charge is 0.296 e. The molecule has 1 aromatic heterocycles. The number of Topliss-reactive ketones (excluding diaryl/α,β-unsaturated/α-hetero) is 1. The number of para-hydroxylation sites is 1. The predicted octanol–water partition coefficient (Wildman–Crippen LogP) is 1.68. The van der Waals surface area contributed by atoms with Crippen molar-refractivity contribution in [1.29, 1.82) is 5.26 Å². The number of ketones is 1. The predicted molar refractivity (Wildman–Crippen MR) is 65.4 cm³/mol. The minimum atomic E-state index is -0.995. The summed E-state index contributed by atoms with van der Waals surface area (Å²) >= 11 is 5.48. The first-order chi connectivity index (χ1) is 8.77. The molecular weight excluding hydrogens is 252 g/mol. The smallest absolute Gasteiger partial charge is 0.172 e. The quantitative estimate of drug-likeness (QED) is 0.784. The maximum atomic E-state index is 11.6. The van der Waals surface area contributed by atoms with Crippen LogP contribution in [0.3, 0.4) is 0 Å². The Hall–Kier alpha value is -2.19. The van der Waals surface area contributed by atoms with E-state index in [0.29, 0.717) is 0 Å². The number of hydrogen-bond acceptors (Lipinski definition) is 4. The van der Waals surface area contributed by atoms with E-state index in [4.69, 9.17) is 16.9 Å². The number of carbonyl (C=O) groups is 1. The Morgan fingerprint density at radius 2 is 2.17 bits per heavy atom. The molecular formula is C12H9ClN4O. The third-order valence-electron chi connectivity index (χ3n) is 2.45. The van der Waals surface area contributed by atoms with Crippen LogP contribution in [0.5, 0.6) is 0 Å². The summed E-state index contributed by atoms with van der Waals surface area (Å²) in [6.45, 7) is 0. The summed E-state index contributed by atoms with van der Waals surface area (Å²) in [6, 6.07) is 11.2. The van der Waals surface area contributed by atoms with E-state index < -0.39 is 5.92 Å². The number of benzene rings is 1. The highest BCUT2D eigenvalue weighted by Gasteiger charge is 2.25. The average Bonchev–Trinajstić information content (AvgIpc) is 2.89. The zero-order valence-corrected chi connectivity index (χ0v) is 10.1. The van der Waals surface area contributed by atoms with Gasteiger partial charge in [0.25, 0.3) is 0 Å². The lowest BCUT2D eigenvalue weighted by Crippen LogP contribution is -2.16. The van der Waals surface area contributed by atoms with E-state index in [1.165, 1.54) is 6.33 Å². The van der Waals surface area contributed by atoms with Gasteiger partial charge in [0, 0.05) is 5.69 Å². The third-order valence-corrected chi connectivity index (χ3v) is 2.71. The molecule has 18 heavy (non-hydrogen) atoms. The van der Waals surface area contributed by atoms with Crippen molar-refractivity contribution in [3.05, 3.63) is 42.5 Å². The molecule has 0 fully saturated rings. The van der Waals surface area contributed by atoms with E-state index in [0.717, 1.165) is 5.69 Å². The van der Waals surface area contributed by atoms with Crippen molar-refractivity contribution in [2.24, 2.45) is 0 Å². The number of nitriles is 1. The van der Waals surface area contributed by atoms with Crippen LogP contribution < -0.4 is 0 Å². The molecule has 0 aliphatic rings. The minimum Gasteiger partial charge on any atom is -0.296 e. The van der Waals surface area contributed by atoms with Crippen LogP contribution in [-0.4, -0.2) is 26.4 Å². The molecule has 0 bridgehead atoms. The summed E-state index contributed by atoms with van der Waals surface area (Å²) in [4.78, 5) is 11.6. The van der Waals surface area contributed by atoms with Gasteiger partial charge in [0.05, 0.1) is 11.9 Å². The maximum absolute atomic E-state index is 11.6. The van der Waals surface area contributed by atoms with Crippen molar-refractivity contribution in [1.82, 2.24) is 14.8 Å². The fourth-order valence-corrected chi connectivity index (χ4v) is 1.73. The van der Waals surface area contributed by atoms with E-state index in [9.17, 15) is 4.79 Å². The summed E-state index contributed by atoms with van der Waals surface area (Å²) < 4.78 is 1.61. The Kier molecular flexibility index (Phi) is 3.70. The van der Waals surface area contributed by atoms with Crippen molar-refractivity contribution < 1.29 is 4.79 Å². The fraction of sp³-hybridized carbons (Fsp3) is 0.167. The minimum absolute atomic E-state index is 0.222. The molecule has 0 radical (unpaired) electrons. The van der Waals surface area contributed by atoms with Gasteiger partial charge in [-0.15, -0.1) is 21.8 Å². The SMILES string of the molecule is N#CC(C(=O)CCl)c1nncn1-c1ccccc1. The van der Waals surface area contributed by atoms with Crippen LogP contribution in [0.1, 0.15) is 11.7 Å². The molecule has 0 N–H and O–H groups in total. The Balaban J connectivity index is 2.45. The van der Waals surface area contributed by atoms with Crippen molar-refractivity contribution in [2.75, 3.05) is 5.88 Å².